The van der Waals surface area contributed by atoms with E-state index in [2.05, 4.69) is 165 Å². The van der Waals surface area contributed by atoms with E-state index in [1.807, 2.05) is 66.7 Å². The van der Waals surface area contributed by atoms with E-state index in [1.165, 1.54) is 11.3 Å². The van der Waals surface area contributed by atoms with Crippen LogP contribution in [0.1, 0.15) is 0 Å². The zero-order chi connectivity index (χ0) is 44.9. The first kappa shape index (κ1) is 38.3. The molecule has 8 heteroatoms. The van der Waals surface area contributed by atoms with Gasteiger partial charge in [-0.05, 0) is 53.9 Å². The first-order valence-corrected chi connectivity index (χ1v) is 23.5. The summed E-state index contributed by atoms with van der Waals surface area (Å²) in [7, 11) is 0. The summed E-state index contributed by atoms with van der Waals surface area (Å²) in [5.41, 5.74) is 11.3. The van der Waals surface area contributed by atoms with Crippen LogP contribution < -0.4 is 4.74 Å². The fourth-order valence-electron chi connectivity index (χ4n) is 10.4. The van der Waals surface area contributed by atoms with Crippen molar-refractivity contribution in [3.05, 3.63) is 228 Å². The maximum atomic E-state index is 15.4. The van der Waals surface area contributed by atoms with Crippen molar-refractivity contribution in [3.8, 4) is 51.2 Å². The molecule has 0 saturated heterocycles. The highest BCUT2D eigenvalue weighted by Crippen LogP contribution is 2.46. The molecule has 0 bridgehead atoms. The normalized spacial score (nSPS) is 11.9. The SMILES string of the molecule is O=c1sc2c(-n3c4ccccc4c4ccccc43)c(-n3c4ccccc4c4ccccc43)c(-n3c4ccccc4c4ccccc43)cc2cc1-c1nc(-c2ccccc2)nc(-c2ccccc2)n1. The average Bonchev–Trinajstić information content (AvgIpc) is 4.04. The molecule has 0 radical (unpaired) electrons. The van der Waals surface area contributed by atoms with Crippen LogP contribution in [0, 0.1) is 0 Å². The molecule has 0 amide bonds. The summed E-state index contributed by atoms with van der Waals surface area (Å²) in [6.07, 6.45) is 0. The summed E-state index contributed by atoms with van der Waals surface area (Å²) >= 11 is 1.24. The number of para-hydroxylation sites is 6. The molecule has 5 heterocycles. The molecule has 14 rings (SSSR count). The quantitative estimate of drug-likeness (QED) is 0.167. The van der Waals surface area contributed by atoms with E-state index in [9.17, 15) is 0 Å². The second kappa shape index (κ2) is 15.0. The minimum atomic E-state index is -0.151. The van der Waals surface area contributed by atoms with Gasteiger partial charge in [-0.2, -0.15) is 0 Å². The van der Waals surface area contributed by atoms with Crippen LogP contribution in [0.25, 0.3) is 127 Å². The van der Waals surface area contributed by atoms with Crippen LogP contribution in [0.2, 0.25) is 0 Å². The zero-order valence-corrected chi connectivity index (χ0v) is 37.1. The Morgan fingerprint density at radius 2 is 0.676 bits per heavy atom. The molecule has 9 aromatic carbocycles. The highest BCUT2D eigenvalue weighted by Gasteiger charge is 2.28. The second-order valence-corrected chi connectivity index (χ2v) is 18.1. The lowest BCUT2D eigenvalue weighted by Gasteiger charge is -2.24. The van der Waals surface area contributed by atoms with Crippen molar-refractivity contribution in [2.75, 3.05) is 0 Å². The smallest absolute Gasteiger partial charge is 0.244 e. The Balaban J connectivity index is 1.20. The van der Waals surface area contributed by atoms with Gasteiger partial charge in [0.05, 0.1) is 60.4 Å². The van der Waals surface area contributed by atoms with Gasteiger partial charge in [0.1, 0.15) is 0 Å². The number of aromatic nitrogens is 6. The Labute approximate surface area is 392 Å². The maximum absolute atomic E-state index is 15.4. The fraction of sp³-hybridized carbons (Fsp3) is 0. The lowest BCUT2D eigenvalue weighted by atomic mass is 10.1. The molecule has 0 saturated carbocycles. The summed E-state index contributed by atoms with van der Waals surface area (Å²) < 4.78 is 7.92. The molecule has 14 aromatic rings. The Morgan fingerprint density at radius 3 is 1.09 bits per heavy atom. The number of fused-ring (bicyclic) bond motifs is 10. The van der Waals surface area contributed by atoms with Crippen LogP contribution >= 0.6 is 11.3 Å². The lowest BCUT2D eigenvalue weighted by Crippen LogP contribution is -2.11. The van der Waals surface area contributed by atoms with Gasteiger partial charge in [-0.3, -0.25) is 4.79 Å². The van der Waals surface area contributed by atoms with Crippen LogP contribution in [0.4, 0.5) is 0 Å². The first-order valence-electron chi connectivity index (χ1n) is 22.7. The summed E-state index contributed by atoms with van der Waals surface area (Å²) in [6.45, 7) is 0. The predicted octanol–water partition coefficient (Wildman–Crippen LogP) is 14.7. The Kier molecular flexibility index (Phi) is 8.47. The van der Waals surface area contributed by atoms with Crippen molar-refractivity contribution in [1.82, 2.24) is 28.7 Å². The van der Waals surface area contributed by atoms with E-state index < -0.39 is 0 Å². The number of benzene rings is 9. The number of nitrogens with zero attached hydrogens (tertiary/aromatic N) is 6. The molecule has 5 aromatic heterocycles. The van der Waals surface area contributed by atoms with Crippen LogP contribution in [-0.2, 0) is 0 Å². The molecule has 0 aliphatic heterocycles. The van der Waals surface area contributed by atoms with Crippen LogP contribution in [0.5, 0.6) is 0 Å². The summed E-state index contributed by atoms with van der Waals surface area (Å²) in [5.74, 6) is 1.32. The van der Waals surface area contributed by atoms with E-state index in [-0.39, 0.29) is 4.74 Å². The molecular weight excluding hydrogens is 853 g/mol. The molecular formula is C60H36N6OS. The summed E-state index contributed by atoms with van der Waals surface area (Å²) in [5, 5.41) is 7.73. The number of rotatable bonds is 6. The third-order valence-electron chi connectivity index (χ3n) is 13.3. The molecule has 0 N–H and O–H groups in total. The van der Waals surface area contributed by atoms with Crippen LogP contribution in [-0.4, -0.2) is 28.7 Å². The minimum Gasteiger partial charge on any atom is -0.307 e. The zero-order valence-electron chi connectivity index (χ0n) is 36.3. The average molecular weight is 889 g/mol. The van der Waals surface area contributed by atoms with Crippen LogP contribution in [0.15, 0.2) is 223 Å². The summed E-state index contributed by atoms with van der Waals surface area (Å²) in [6, 6.07) is 75.9. The van der Waals surface area contributed by atoms with Gasteiger partial charge < -0.3 is 13.7 Å². The first-order chi connectivity index (χ1) is 33.7. The van der Waals surface area contributed by atoms with Gasteiger partial charge >= 0.3 is 0 Å². The molecule has 0 fully saturated rings. The molecule has 0 spiro atoms. The number of hydrogen-bond acceptors (Lipinski definition) is 5. The highest BCUT2D eigenvalue weighted by molar-refractivity contribution is 7.17. The second-order valence-electron chi connectivity index (χ2n) is 17.1. The van der Waals surface area contributed by atoms with E-state index in [1.54, 1.807) is 0 Å². The molecule has 0 aliphatic rings. The lowest BCUT2D eigenvalue weighted by molar-refractivity contribution is 1.06. The monoisotopic (exact) mass is 888 g/mol. The van der Waals surface area contributed by atoms with Crippen molar-refractivity contribution in [2.45, 2.75) is 0 Å². The number of hydrogen-bond donors (Lipinski definition) is 0. The van der Waals surface area contributed by atoms with Crippen molar-refractivity contribution < 1.29 is 0 Å². The third-order valence-corrected chi connectivity index (χ3v) is 14.4. The maximum Gasteiger partial charge on any atom is 0.244 e. The Bertz CT molecular complexity index is 4200. The summed E-state index contributed by atoms with van der Waals surface area (Å²) in [4.78, 5) is 30.5. The fourth-order valence-corrected chi connectivity index (χ4v) is 11.4. The van der Waals surface area contributed by atoms with Gasteiger partial charge in [0.25, 0.3) is 0 Å². The Morgan fingerprint density at radius 1 is 0.338 bits per heavy atom. The van der Waals surface area contributed by atoms with Gasteiger partial charge in [0, 0.05) is 43.4 Å². The molecule has 68 heavy (non-hydrogen) atoms. The largest absolute Gasteiger partial charge is 0.307 e. The van der Waals surface area contributed by atoms with Gasteiger partial charge in [-0.1, -0.05) is 181 Å². The Hall–Kier alpha value is -8.98. The molecule has 0 atom stereocenters. The van der Waals surface area contributed by atoms with E-state index in [4.69, 9.17) is 15.0 Å². The molecule has 7 nitrogen and oxygen atoms in total. The third kappa shape index (κ3) is 5.71. The van der Waals surface area contributed by atoms with E-state index in [0.717, 1.165) is 104 Å². The van der Waals surface area contributed by atoms with Gasteiger partial charge in [0.15, 0.2) is 17.5 Å². The van der Waals surface area contributed by atoms with Gasteiger partial charge in [-0.15, -0.1) is 0 Å². The molecule has 0 unspecified atom stereocenters. The molecule has 318 valence electrons. The standard InChI is InChI=1S/C60H36N6OS/c67-60-46(59-62-57(37-19-3-1-4-20-37)61-58(63-59)38-21-5-2-6-22-38)35-39-36-53(64-47-29-13-7-23-40(47)41-24-8-14-30-48(41)64)54(65-49-31-15-9-25-42(49)43-26-10-16-32-50(43)65)55(56(39)68-60)66-51-33-17-11-27-44(51)45-28-12-18-34-52(45)66/h1-36H. The van der Waals surface area contributed by atoms with Crippen molar-refractivity contribution in [2.24, 2.45) is 0 Å². The van der Waals surface area contributed by atoms with Crippen molar-refractivity contribution in [1.29, 1.82) is 0 Å². The van der Waals surface area contributed by atoms with Crippen molar-refractivity contribution in [3.63, 3.8) is 0 Å². The van der Waals surface area contributed by atoms with Gasteiger partial charge in [0.2, 0.25) is 4.74 Å². The minimum absolute atomic E-state index is 0.151. The van der Waals surface area contributed by atoms with E-state index >= 15 is 4.79 Å². The topological polar surface area (TPSA) is 70.5 Å². The van der Waals surface area contributed by atoms with Crippen molar-refractivity contribution >= 4 is 86.8 Å². The molecule has 0 aliphatic carbocycles. The van der Waals surface area contributed by atoms with Crippen LogP contribution in [0.3, 0.4) is 0 Å². The van der Waals surface area contributed by atoms with E-state index in [0.29, 0.717) is 23.0 Å². The van der Waals surface area contributed by atoms with Gasteiger partial charge in [-0.25, -0.2) is 15.0 Å². The predicted molar refractivity (Wildman–Crippen MR) is 281 cm³/mol. The highest BCUT2D eigenvalue weighted by atomic mass is 32.1.